The van der Waals surface area contributed by atoms with Crippen molar-refractivity contribution in [1.29, 1.82) is 0 Å². The molecule has 0 bridgehead atoms. The van der Waals surface area contributed by atoms with E-state index in [1.54, 1.807) is 12.4 Å². The van der Waals surface area contributed by atoms with Crippen molar-refractivity contribution in [2.24, 2.45) is 0 Å². The minimum atomic E-state index is -0.108. The Hall–Kier alpha value is -2.79. The molecule has 0 fully saturated rings. The minimum Gasteiger partial charge on any atom is -0.394 e. The first-order valence-electron chi connectivity index (χ1n) is 7.92. The summed E-state index contributed by atoms with van der Waals surface area (Å²) in [6, 6.07) is 15.7. The summed E-state index contributed by atoms with van der Waals surface area (Å²) < 4.78 is 0. The van der Waals surface area contributed by atoms with Gasteiger partial charge in [-0.15, -0.1) is 0 Å². The van der Waals surface area contributed by atoms with Crippen LogP contribution < -0.4 is 5.32 Å². The molecular formula is C19H20N4O. The van der Waals surface area contributed by atoms with Gasteiger partial charge in [0.2, 0.25) is 0 Å². The summed E-state index contributed by atoms with van der Waals surface area (Å²) in [5.74, 6) is 1.33. The maximum Gasteiger partial charge on any atom is 0.163 e. The van der Waals surface area contributed by atoms with Crippen LogP contribution in [0.1, 0.15) is 11.3 Å². The Bertz CT molecular complexity index is 778. The predicted octanol–water partition coefficient (Wildman–Crippen LogP) is 2.86. The van der Waals surface area contributed by atoms with Gasteiger partial charge >= 0.3 is 0 Å². The number of rotatable bonds is 6. The van der Waals surface area contributed by atoms with E-state index in [0.29, 0.717) is 11.6 Å². The molecule has 5 heteroatoms. The number of pyridine rings is 1. The molecule has 0 spiro atoms. The average molecular weight is 320 g/mol. The van der Waals surface area contributed by atoms with Gasteiger partial charge in [0.05, 0.1) is 12.6 Å². The van der Waals surface area contributed by atoms with Gasteiger partial charge in [-0.2, -0.15) is 0 Å². The summed E-state index contributed by atoms with van der Waals surface area (Å²) >= 11 is 0. The van der Waals surface area contributed by atoms with Crippen LogP contribution >= 0.6 is 0 Å². The van der Waals surface area contributed by atoms with Crippen molar-refractivity contribution in [2.75, 3.05) is 11.9 Å². The van der Waals surface area contributed by atoms with Crippen LogP contribution in [0.4, 0.5) is 5.82 Å². The Kier molecular flexibility index (Phi) is 5.13. The van der Waals surface area contributed by atoms with Gasteiger partial charge in [0.25, 0.3) is 0 Å². The number of aromatic nitrogens is 3. The van der Waals surface area contributed by atoms with Crippen LogP contribution in [0.5, 0.6) is 0 Å². The van der Waals surface area contributed by atoms with Gasteiger partial charge in [0.1, 0.15) is 5.82 Å². The number of aliphatic hydroxyl groups excluding tert-OH is 1. The molecule has 2 heterocycles. The minimum absolute atomic E-state index is 0.0279. The van der Waals surface area contributed by atoms with Crippen molar-refractivity contribution >= 4 is 5.82 Å². The Morgan fingerprint density at radius 1 is 1.08 bits per heavy atom. The molecule has 122 valence electrons. The fourth-order valence-electron chi connectivity index (χ4n) is 2.54. The lowest BCUT2D eigenvalue weighted by Gasteiger charge is -2.18. The molecule has 3 aromatic rings. The molecule has 0 aliphatic carbocycles. The zero-order valence-corrected chi connectivity index (χ0v) is 13.6. The van der Waals surface area contributed by atoms with E-state index in [1.165, 1.54) is 5.56 Å². The quantitative estimate of drug-likeness (QED) is 0.731. The summed E-state index contributed by atoms with van der Waals surface area (Å²) in [4.78, 5) is 13.1. The fourth-order valence-corrected chi connectivity index (χ4v) is 2.54. The van der Waals surface area contributed by atoms with E-state index in [0.717, 1.165) is 17.7 Å². The predicted molar refractivity (Wildman–Crippen MR) is 94.6 cm³/mol. The zero-order chi connectivity index (χ0) is 16.8. The van der Waals surface area contributed by atoms with Crippen molar-refractivity contribution in [1.82, 2.24) is 15.0 Å². The average Bonchev–Trinajstić information content (AvgIpc) is 2.62. The SMILES string of the molecule is Cc1cc(N[C@H](CO)Cc2ccccc2)nc(-c2cccnc2)n1. The monoisotopic (exact) mass is 320 g/mol. The normalized spacial score (nSPS) is 11.9. The topological polar surface area (TPSA) is 70.9 Å². The lowest BCUT2D eigenvalue weighted by molar-refractivity contribution is 0.273. The number of anilines is 1. The zero-order valence-electron chi connectivity index (χ0n) is 13.6. The molecule has 0 saturated carbocycles. The Morgan fingerprint density at radius 2 is 1.92 bits per heavy atom. The van der Waals surface area contributed by atoms with E-state index in [4.69, 9.17) is 0 Å². The van der Waals surface area contributed by atoms with Crippen LogP contribution in [0.2, 0.25) is 0 Å². The number of aliphatic hydroxyl groups is 1. The van der Waals surface area contributed by atoms with Crippen LogP contribution in [0, 0.1) is 6.92 Å². The van der Waals surface area contributed by atoms with Crippen LogP contribution in [0.25, 0.3) is 11.4 Å². The summed E-state index contributed by atoms with van der Waals surface area (Å²) in [6.45, 7) is 1.96. The first-order chi connectivity index (χ1) is 11.7. The molecule has 0 saturated heterocycles. The molecule has 2 aromatic heterocycles. The third kappa shape index (κ3) is 4.14. The van der Waals surface area contributed by atoms with Gasteiger partial charge in [-0.3, -0.25) is 4.98 Å². The van der Waals surface area contributed by atoms with Crippen LogP contribution in [0.15, 0.2) is 60.9 Å². The lowest BCUT2D eigenvalue weighted by Crippen LogP contribution is -2.27. The lowest BCUT2D eigenvalue weighted by atomic mass is 10.1. The van der Waals surface area contributed by atoms with E-state index in [9.17, 15) is 5.11 Å². The van der Waals surface area contributed by atoms with Crippen LogP contribution in [-0.2, 0) is 6.42 Å². The highest BCUT2D eigenvalue weighted by Crippen LogP contribution is 2.17. The summed E-state index contributed by atoms with van der Waals surface area (Å²) in [6.07, 6.45) is 4.19. The number of aryl methyl sites for hydroxylation is 1. The third-order valence-corrected chi connectivity index (χ3v) is 3.67. The third-order valence-electron chi connectivity index (χ3n) is 3.67. The van der Waals surface area contributed by atoms with Crippen molar-refractivity contribution < 1.29 is 5.11 Å². The van der Waals surface area contributed by atoms with Crippen molar-refractivity contribution in [3.8, 4) is 11.4 Å². The molecule has 0 radical (unpaired) electrons. The second-order valence-corrected chi connectivity index (χ2v) is 5.67. The summed E-state index contributed by atoms with van der Waals surface area (Å²) in [7, 11) is 0. The van der Waals surface area contributed by atoms with Crippen LogP contribution in [-0.4, -0.2) is 32.7 Å². The van der Waals surface area contributed by atoms with Gasteiger partial charge in [-0.1, -0.05) is 30.3 Å². The molecular weight excluding hydrogens is 300 g/mol. The number of benzene rings is 1. The first-order valence-corrected chi connectivity index (χ1v) is 7.92. The fraction of sp³-hybridized carbons (Fsp3) is 0.211. The molecule has 0 unspecified atom stereocenters. The van der Waals surface area contributed by atoms with Gasteiger partial charge < -0.3 is 10.4 Å². The highest BCUT2D eigenvalue weighted by atomic mass is 16.3. The maximum atomic E-state index is 9.69. The highest BCUT2D eigenvalue weighted by Gasteiger charge is 2.11. The Labute approximate surface area is 141 Å². The summed E-state index contributed by atoms with van der Waals surface area (Å²) in [5.41, 5.74) is 2.90. The molecule has 1 aromatic carbocycles. The highest BCUT2D eigenvalue weighted by molar-refractivity contribution is 5.56. The van der Waals surface area contributed by atoms with Crippen molar-refractivity contribution in [3.63, 3.8) is 0 Å². The smallest absolute Gasteiger partial charge is 0.163 e. The van der Waals surface area contributed by atoms with Gasteiger partial charge in [-0.05, 0) is 31.0 Å². The molecule has 1 atom stereocenters. The molecule has 24 heavy (non-hydrogen) atoms. The van der Waals surface area contributed by atoms with Crippen molar-refractivity contribution in [2.45, 2.75) is 19.4 Å². The molecule has 0 amide bonds. The number of hydrogen-bond acceptors (Lipinski definition) is 5. The Morgan fingerprint density at radius 3 is 2.62 bits per heavy atom. The number of hydrogen-bond donors (Lipinski definition) is 2. The van der Waals surface area contributed by atoms with E-state index in [2.05, 4.69) is 32.4 Å². The van der Waals surface area contributed by atoms with Gasteiger partial charge in [0, 0.05) is 29.7 Å². The van der Waals surface area contributed by atoms with E-state index < -0.39 is 0 Å². The van der Waals surface area contributed by atoms with E-state index in [-0.39, 0.29) is 12.6 Å². The maximum absolute atomic E-state index is 9.69. The molecule has 5 nitrogen and oxygen atoms in total. The molecule has 2 N–H and O–H groups in total. The molecule has 0 aliphatic heterocycles. The van der Waals surface area contributed by atoms with Gasteiger partial charge in [-0.25, -0.2) is 9.97 Å². The standard InChI is InChI=1S/C19H20N4O/c1-14-10-18(23-19(21-14)16-8-5-9-20-12-16)22-17(13-24)11-15-6-3-2-4-7-15/h2-10,12,17,24H,11,13H2,1H3,(H,21,22,23)/t17-/m0/s1. The number of nitrogens with zero attached hydrogens (tertiary/aromatic N) is 3. The molecule has 3 rings (SSSR count). The van der Waals surface area contributed by atoms with E-state index >= 15 is 0 Å². The first kappa shape index (κ1) is 16.1. The summed E-state index contributed by atoms with van der Waals surface area (Å²) in [5, 5.41) is 13.0. The van der Waals surface area contributed by atoms with Gasteiger partial charge in [0.15, 0.2) is 5.82 Å². The van der Waals surface area contributed by atoms with E-state index in [1.807, 2.05) is 43.3 Å². The van der Waals surface area contributed by atoms with Crippen molar-refractivity contribution in [3.05, 3.63) is 72.2 Å². The largest absolute Gasteiger partial charge is 0.394 e. The second-order valence-electron chi connectivity index (χ2n) is 5.67. The molecule has 0 aliphatic rings. The number of nitrogens with one attached hydrogen (secondary N) is 1. The second kappa shape index (κ2) is 7.66. The Balaban J connectivity index is 1.80. The van der Waals surface area contributed by atoms with Crippen LogP contribution in [0.3, 0.4) is 0 Å².